The maximum absolute atomic E-state index is 13.0. The zero-order valence-corrected chi connectivity index (χ0v) is 19.1. The molecule has 0 bridgehead atoms. The van der Waals surface area contributed by atoms with Crippen molar-refractivity contribution in [1.29, 1.82) is 0 Å². The molecule has 2 heterocycles. The zero-order chi connectivity index (χ0) is 25.2. The van der Waals surface area contributed by atoms with Crippen molar-refractivity contribution in [3.05, 3.63) is 64.0 Å². The molecule has 0 spiro atoms. The van der Waals surface area contributed by atoms with E-state index < -0.39 is 11.7 Å². The Morgan fingerprint density at radius 1 is 1.06 bits per heavy atom. The summed E-state index contributed by atoms with van der Waals surface area (Å²) < 4.78 is 54.8. The number of benzene rings is 2. The Labute approximate surface area is 197 Å². The van der Waals surface area contributed by atoms with Crippen molar-refractivity contribution in [2.75, 3.05) is 20.8 Å². The van der Waals surface area contributed by atoms with Crippen LogP contribution in [0.1, 0.15) is 24.2 Å². The lowest BCUT2D eigenvalue weighted by Crippen LogP contribution is -2.25. The summed E-state index contributed by atoms with van der Waals surface area (Å²) in [5.41, 5.74) is -0.478. The molecule has 0 atom stereocenters. The molecular formula is C23H22F3N5O4. The van der Waals surface area contributed by atoms with Crippen LogP contribution in [0.5, 0.6) is 11.5 Å². The summed E-state index contributed by atoms with van der Waals surface area (Å²) in [6.45, 7) is 2.92. The van der Waals surface area contributed by atoms with Gasteiger partial charge in [-0.05, 0) is 24.7 Å². The number of fused-ring (bicyclic) bond motifs is 1. The normalized spacial score (nSPS) is 11.9. The topological polar surface area (TPSA) is 106 Å². The summed E-state index contributed by atoms with van der Waals surface area (Å²) in [5, 5.41) is 4.17. The van der Waals surface area contributed by atoms with E-state index in [1.54, 1.807) is 12.1 Å². The van der Waals surface area contributed by atoms with Gasteiger partial charge in [-0.2, -0.15) is 18.2 Å². The van der Waals surface area contributed by atoms with E-state index in [-0.39, 0.29) is 35.9 Å². The van der Waals surface area contributed by atoms with Crippen LogP contribution in [-0.2, 0) is 19.3 Å². The summed E-state index contributed by atoms with van der Waals surface area (Å²) in [6, 6.07) is 7.91. The minimum atomic E-state index is -4.47. The number of hydrogen-bond acceptors (Lipinski definition) is 8. The minimum Gasteiger partial charge on any atom is -0.493 e. The summed E-state index contributed by atoms with van der Waals surface area (Å²) >= 11 is 0. The number of halogens is 3. The van der Waals surface area contributed by atoms with Crippen LogP contribution in [0.15, 0.2) is 45.7 Å². The number of rotatable bonds is 8. The summed E-state index contributed by atoms with van der Waals surface area (Å²) in [7, 11) is 2.98. The molecule has 2 aromatic carbocycles. The van der Waals surface area contributed by atoms with E-state index in [1.165, 1.54) is 26.4 Å². The highest BCUT2D eigenvalue weighted by atomic mass is 19.4. The van der Waals surface area contributed by atoms with E-state index in [1.807, 2.05) is 11.8 Å². The average Bonchev–Trinajstić information content (AvgIpc) is 3.31. The molecule has 0 aliphatic rings. The second-order valence-corrected chi connectivity index (χ2v) is 7.63. The third-order valence-corrected chi connectivity index (χ3v) is 5.36. The molecular weight excluding hydrogens is 467 g/mol. The van der Waals surface area contributed by atoms with Crippen LogP contribution in [-0.4, -0.2) is 45.8 Å². The summed E-state index contributed by atoms with van der Waals surface area (Å²) in [4.78, 5) is 26.0. The van der Waals surface area contributed by atoms with Gasteiger partial charge in [0, 0.05) is 11.6 Å². The van der Waals surface area contributed by atoms with Gasteiger partial charge in [0.2, 0.25) is 11.7 Å². The van der Waals surface area contributed by atoms with Gasteiger partial charge in [0.1, 0.15) is 5.82 Å². The van der Waals surface area contributed by atoms with E-state index in [2.05, 4.69) is 20.1 Å². The van der Waals surface area contributed by atoms with Gasteiger partial charge in [0.25, 0.3) is 5.56 Å². The maximum Gasteiger partial charge on any atom is 0.416 e. The Morgan fingerprint density at radius 2 is 1.80 bits per heavy atom. The van der Waals surface area contributed by atoms with Crippen LogP contribution in [0, 0.1) is 0 Å². The molecule has 0 amide bonds. The molecule has 0 saturated heterocycles. The van der Waals surface area contributed by atoms with Crippen molar-refractivity contribution >= 4 is 10.9 Å². The van der Waals surface area contributed by atoms with Crippen molar-refractivity contribution in [3.8, 4) is 22.9 Å². The van der Waals surface area contributed by atoms with Gasteiger partial charge in [-0.3, -0.25) is 9.69 Å². The molecule has 0 saturated carbocycles. The van der Waals surface area contributed by atoms with E-state index in [4.69, 9.17) is 14.0 Å². The highest BCUT2D eigenvalue weighted by molar-refractivity contribution is 5.81. The third-order valence-electron chi connectivity index (χ3n) is 5.36. The van der Waals surface area contributed by atoms with Gasteiger partial charge < -0.3 is 19.0 Å². The molecule has 0 fully saturated rings. The molecule has 4 aromatic rings. The number of nitrogens with one attached hydrogen (secondary N) is 1. The molecule has 0 unspecified atom stereocenters. The largest absolute Gasteiger partial charge is 0.493 e. The Hall–Kier alpha value is -3.93. The fourth-order valence-corrected chi connectivity index (χ4v) is 3.54. The van der Waals surface area contributed by atoms with Gasteiger partial charge in [-0.25, -0.2) is 4.98 Å². The predicted molar refractivity (Wildman–Crippen MR) is 120 cm³/mol. The number of nitrogens with zero attached hydrogens (tertiary/aromatic N) is 4. The van der Waals surface area contributed by atoms with Gasteiger partial charge in [-0.15, -0.1) is 0 Å². The number of ether oxygens (including phenoxy) is 2. The van der Waals surface area contributed by atoms with Crippen molar-refractivity contribution in [1.82, 2.24) is 25.0 Å². The summed E-state index contributed by atoms with van der Waals surface area (Å²) in [6.07, 6.45) is -4.47. The molecule has 184 valence electrons. The first kappa shape index (κ1) is 24.2. The number of aromatic amines is 1. The summed E-state index contributed by atoms with van der Waals surface area (Å²) in [5.74, 6) is 1.55. The van der Waals surface area contributed by atoms with E-state index in [0.29, 0.717) is 34.8 Å². The lowest BCUT2D eigenvalue weighted by atomic mass is 10.1. The number of methoxy groups -OCH3 is 2. The zero-order valence-electron chi connectivity index (χ0n) is 19.1. The lowest BCUT2D eigenvalue weighted by molar-refractivity contribution is -0.137. The van der Waals surface area contributed by atoms with Crippen molar-refractivity contribution < 1.29 is 27.2 Å². The fraction of sp³-hybridized carbons (Fsp3) is 0.304. The van der Waals surface area contributed by atoms with Crippen molar-refractivity contribution in [2.24, 2.45) is 0 Å². The smallest absolute Gasteiger partial charge is 0.416 e. The molecule has 0 radical (unpaired) electrons. The SMILES string of the molecule is CCN(Cc1nc2cc(OC)c(OC)cc2c(=O)[nH]1)Cc1nc(-c2cccc(C(F)(F)F)c2)no1. The molecule has 4 rings (SSSR count). The van der Waals surface area contributed by atoms with Crippen molar-refractivity contribution in [3.63, 3.8) is 0 Å². The van der Waals surface area contributed by atoms with Crippen LogP contribution in [0.4, 0.5) is 13.2 Å². The molecule has 12 heteroatoms. The standard InChI is InChI=1S/C23H22F3N5O4/c1-4-31(11-19-27-16-10-18(34-3)17(33-2)9-15(16)22(32)28-19)12-20-29-21(30-35-20)13-6-5-7-14(8-13)23(24,25)26/h5-10H,4,11-12H2,1-3H3,(H,27,28,32). The number of H-pyrrole nitrogens is 1. The van der Waals surface area contributed by atoms with Crippen molar-refractivity contribution in [2.45, 2.75) is 26.2 Å². The Morgan fingerprint density at radius 3 is 2.49 bits per heavy atom. The highest BCUT2D eigenvalue weighted by Gasteiger charge is 2.30. The lowest BCUT2D eigenvalue weighted by Gasteiger charge is -2.17. The number of aromatic nitrogens is 4. The van der Waals surface area contributed by atoms with Gasteiger partial charge in [-0.1, -0.05) is 24.2 Å². The Kier molecular flexibility index (Phi) is 6.74. The van der Waals surface area contributed by atoms with Gasteiger partial charge in [0.15, 0.2) is 11.5 Å². The first-order valence-corrected chi connectivity index (χ1v) is 10.6. The number of hydrogen-bond donors (Lipinski definition) is 1. The quantitative estimate of drug-likeness (QED) is 0.396. The molecule has 2 aromatic heterocycles. The Bertz CT molecular complexity index is 1400. The second-order valence-electron chi connectivity index (χ2n) is 7.63. The maximum atomic E-state index is 13.0. The number of alkyl halides is 3. The van der Waals surface area contributed by atoms with Gasteiger partial charge in [0.05, 0.1) is 43.8 Å². The molecule has 0 aliphatic heterocycles. The Balaban J connectivity index is 1.54. The molecule has 35 heavy (non-hydrogen) atoms. The van der Waals surface area contributed by atoms with E-state index in [9.17, 15) is 18.0 Å². The van der Waals surface area contributed by atoms with E-state index in [0.717, 1.165) is 12.1 Å². The van der Waals surface area contributed by atoms with Crippen LogP contribution < -0.4 is 15.0 Å². The molecule has 1 N–H and O–H groups in total. The van der Waals surface area contributed by atoms with Crippen LogP contribution in [0.3, 0.4) is 0 Å². The van der Waals surface area contributed by atoms with Crippen LogP contribution >= 0.6 is 0 Å². The van der Waals surface area contributed by atoms with Crippen LogP contribution in [0.25, 0.3) is 22.3 Å². The minimum absolute atomic E-state index is 0.0560. The predicted octanol–water partition coefficient (Wildman–Crippen LogP) is 4.03. The monoisotopic (exact) mass is 489 g/mol. The second kappa shape index (κ2) is 9.74. The first-order chi connectivity index (χ1) is 16.7. The van der Waals surface area contributed by atoms with Gasteiger partial charge >= 0.3 is 6.18 Å². The first-order valence-electron chi connectivity index (χ1n) is 10.6. The third kappa shape index (κ3) is 5.27. The van der Waals surface area contributed by atoms with Crippen LogP contribution in [0.2, 0.25) is 0 Å². The molecule has 9 nitrogen and oxygen atoms in total. The molecule has 0 aliphatic carbocycles. The van der Waals surface area contributed by atoms with E-state index >= 15 is 0 Å². The average molecular weight is 489 g/mol. The highest BCUT2D eigenvalue weighted by Crippen LogP contribution is 2.32. The fourth-order valence-electron chi connectivity index (χ4n) is 3.54.